The van der Waals surface area contributed by atoms with E-state index in [0.29, 0.717) is 30.0 Å². The Hall–Kier alpha value is -1.39. The maximum atomic E-state index is 13.0. The van der Waals surface area contributed by atoms with Crippen molar-refractivity contribution in [3.63, 3.8) is 0 Å². The summed E-state index contributed by atoms with van der Waals surface area (Å²) in [6.45, 7) is 3.25. The van der Waals surface area contributed by atoms with E-state index in [2.05, 4.69) is 13.0 Å². The molecule has 5 rings (SSSR count). The van der Waals surface area contributed by atoms with Gasteiger partial charge in [-0.2, -0.15) is 0 Å². The molecule has 0 amide bonds. The first-order valence-corrected chi connectivity index (χ1v) is 11.1. The largest absolute Gasteiger partial charge is 0.497 e. The number of Topliss-reactive ketones (excluding diaryl/α,β-unsaturated/α-hetero) is 1. The molecule has 2 saturated carbocycles. The molecule has 0 bridgehead atoms. The Morgan fingerprint density at radius 3 is 2.82 bits per heavy atom. The monoisotopic (exact) mass is 384 g/mol. The van der Waals surface area contributed by atoms with Crippen LogP contribution in [0.25, 0.3) is 0 Å². The lowest BCUT2D eigenvalue weighted by molar-refractivity contribution is -0.212. The van der Waals surface area contributed by atoms with Gasteiger partial charge in [0.2, 0.25) is 0 Å². The molecular formula is C24H32O4. The molecule has 0 radical (unpaired) electrons. The van der Waals surface area contributed by atoms with Crippen LogP contribution in [0.3, 0.4) is 0 Å². The molecule has 4 aliphatic rings. The van der Waals surface area contributed by atoms with E-state index in [-0.39, 0.29) is 17.8 Å². The maximum absolute atomic E-state index is 13.0. The predicted octanol–water partition coefficient (Wildman–Crippen LogP) is 5.10. The molecule has 1 aliphatic heterocycles. The van der Waals surface area contributed by atoms with Crippen LogP contribution in [-0.2, 0) is 9.47 Å². The number of ketones is 1. The molecule has 3 fully saturated rings. The molecule has 1 aromatic carbocycles. The van der Waals surface area contributed by atoms with Crippen molar-refractivity contribution < 1.29 is 19.0 Å². The van der Waals surface area contributed by atoms with Gasteiger partial charge in [0.1, 0.15) is 5.75 Å². The van der Waals surface area contributed by atoms with Crippen LogP contribution < -0.4 is 4.74 Å². The third kappa shape index (κ3) is 2.91. The van der Waals surface area contributed by atoms with Gasteiger partial charge in [-0.3, -0.25) is 4.79 Å². The molecule has 1 saturated heterocycles. The number of hydrogen-bond acceptors (Lipinski definition) is 4. The molecule has 28 heavy (non-hydrogen) atoms. The summed E-state index contributed by atoms with van der Waals surface area (Å²) in [6.07, 6.45) is 8.92. The van der Waals surface area contributed by atoms with Crippen molar-refractivity contribution in [2.45, 2.75) is 76.6 Å². The molecular weight excluding hydrogens is 352 g/mol. The van der Waals surface area contributed by atoms with Crippen molar-refractivity contribution >= 4 is 5.78 Å². The van der Waals surface area contributed by atoms with Crippen molar-refractivity contribution in [2.24, 2.45) is 17.3 Å². The average Bonchev–Trinajstić information content (AvgIpc) is 3.05. The Kier molecular flexibility index (Phi) is 4.75. The molecule has 4 heteroatoms. The van der Waals surface area contributed by atoms with Gasteiger partial charge in [-0.1, -0.05) is 13.0 Å². The fourth-order valence-corrected chi connectivity index (χ4v) is 6.69. The lowest BCUT2D eigenvalue weighted by Crippen LogP contribution is -2.46. The van der Waals surface area contributed by atoms with E-state index >= 15 is 0 Å². The zero-order chi connectivity index (χ0) is 19.3. The van der Waals surface area contributed by atoms with Gasteiger partial charge in [-0.05, 0) is 85.8 Å². The van der Waals surface area contributed by atoms with Crippen molar-refractivity contribution in [1.29, 1.82) is 0 Å². The van der Waals surface area contributed by atoms with Crippen LogP contribution in [0.1, 0.15) is 80.1 Å². The molecule has 4 nitrogen and oxygen atoms in total. The zero-order valence-electron chi connectivity index (χ0n) is 17.1. The Balaban J connectivity index is 1.39. The summed E-state index contributed by atoms with van der Waals surface area (Å²) in [5.41, 5.74) is 2.32. The molecule has 3 aliphatic carbocycles. The third-order valence-electron chi connectivity index (χ3n) is 8.19. The van der Waals surface area contributed by atoms with Crippen LogP contribution in [-0.4, -0.2) is 31.9 Å². The van der Waals surface area contributed by atoms with Crippen molar-refractivity contribution in [3.05, 3.63) is 29.3 Å². The summed E-state index contributed by atoms with van der Waals surface area (Å²) < 4.78 is 17.7. The summed E-state index contributed by atoms with van der Waals surface area (Å²) >= 11 is 0. The van der Waals surface area contributed by atoms with Crippen LogP contribution in [0, 0.1) is 17.3 Å². The summed E-state index contributed by atoms with van der Waals surface area (Å²) in [5.74, 6) is 2.60. The second kappa shape index (κ2) is 7.14. The SMILES string of the molecule is COc1ccc2c(c1)C(=O)C[C@@H]1[C@@H]2CC[C@]2(C)[C@@H](O[C@H]3CCCCO3)CC[C@@H]12. The molecule has 152 valence electrons. The normalized spacial score (nSPS) is 39.8. The minimum absolute atomic E-state index is 0.0202. The van der Waals surface area contributed by atoms with Crippen LogP contribution in [0.2, 0.25) is 0 Å². The lowest BCUT2D eigenvalue weighted by atomic mass is 9.55. The fraction of sp³-hybridized carbons (Fsp3) is 0.708. The number of ether oxygens (including phenoxy) is 3. The molecule has 6 atom stereocenters. The number of methoxy groups -OCH3 is 1. The van der Waals surface area contributed by atoms with Crippen LogP contribution in [0.15, 0.2) is 18.2 Å². The Morgan fingerprint density at radius 1 is 1.14 bits per heavy atom. The zero-order valence-corrected chi connectivity index (χ0v) is 17.1. The number of carbonyl (C=O) groups is 1. The van der Waals surface area contributed by atoms with Crippen molar-refractivity contribution in [3.8, 4) is 5.75 Å². The first-order valence-electron chi connectivity index (χ1n) is 11.1. The Morgan fingerprint density at radius 2 is 2.04 bits per heavy atom. The van der Waals surface area contributed by atoms with Gasteiger partial charge in [-0.15, -0.1) is 0 Å². The van der Waals surface area contributed by atoms with Gasteiger partial charge in [0.15, 0.2) is 12.1 Å². The smallest absolute Gasteiger partial charge is 0.163 e. The molecule has 1 heterocycles. The average molecular weight is 385 g/mol. The number of carbonyl (C=O) groups excluding carboxylic acids is 1. The van der Waals surface area contributed by atoms with Crippen LogP contribution in [0.5, 0.6) is 5.75 Å². The van der Waals surface area contributed by atoms with E-state index in [0.717, 1.165) is 43.6 Å². The van der Waals surface area contributed by atoms with Gasteiger partial charge >= 0.3 is 0 Å². The topological polar surface area (TPSA) is 44.8 Å². The van der Waals surface area contributed by atoms with E-state index in [1.54, 1.807) is 7.11 Å². The van der Waals surface area contributed by atoms with Gasteiger partial charge in [0, 0.05) is 18.6 Å². The molecule has 0 aromatic heterocycles. The minimum atomic E-state index is -0.0202. The highest BCUT2D eigenvalue weighted by molar-refractivity contribution is 5.99. The van der Waals surface area contributed by atoms with Crippen LogP contribution in [0.4, 0.5) is 0 Å². The van der Waals surface area contributed by atoms with Crippen LogP contribution >= 0.6 is 0 Å². The summed E-state index contributed by atoms with van der Waals surface area (Å²) in [7, 11) is 1.67. The summed E-state index contributed by atoms with van der Waals surface area (Å²) in [5, 5.41) is 0. The fourth-order valence-electron chi connectivity index (χ4n) is 6.69. The molecule has 0 spiro atoms. The first kappa shape index (κ1) is 18.6. The molecule has 0 unspecified atom stereocenters. The Labute approximate surface area is 167 Å². The second-order valence-electron chi connectivity index (χ2n) is 9.50. The van der Waals surface area contributed by atoms with E-state index in [1.807, 2.05) is 12.1 Å². The number of fused-ring (bicyclic) bond motifs is 5. The van der Waals surface area contributed by atoms with Gasteiger partial charge in [0.25, 0.3) is 0 Å². The second-order valence-corrected chi connectivity index (χ2v) is 9.50. The highest BCUT2D eigenvalue weighted by Gasteiger charge is 2.56. The number of rotatable bonds is 3. The quantitative estimate of drug-likeness (QED) is 0.727. The highest BCUT2D eigenvalue weighted by Crippen LogP contribution is 2.61. The summed E-state index contributed by atoms with van der Waals surface area (Å²) in [6, 6.07) is 6.11. The molecule has 0 N–H and O–H groups in total. The molecule has 1 aromatic rings. The van der Waals surface area contributed by atoms with E-state index in [9.17, 15) is 4.79 Å². The maximum Gasteiger partial charge on any atom is 0.163 e. The van der Waals surface area contributed by atoms with E-state index in [1.165, 1.54) is 24.8 Å². The van der Waals surface area contributed by atoms with Gasteiger partial charge in [-0.25, -0.2) is 0 Å². The minimum Gasteiger partial charge on any atom is -0.497 e. The van der Waals surface area contributed by atoms with Crippen molar-refractivity contribution in [1.82, 2.24) is 0 Å². The standard InChI is InChI=1S/C24H32O4/c1-24-11-10-17-16-7-6-15(26-2)13-19(16)21(25)14-18(17)20(24)8-9-22(24)28-23-5-3-4-12-27-23/h6-7,13,17-18,20,22-23H,3-5,8-12,14H2,1-2H3/t17-,18-,20+,22+,23+,24+/m1/s1. The summed E-state index contributed by atoms with van der Waals surface area (Å²) in [4.78, 5) is 13.0. The highest BCUT2D eigenvalue weighted by atomic mass is 16.7. The predicted molar refractivity (Wildman–Crippen MR) is 107 cm³/mol. The first-order chi connectivity index (χ1) is 13.6. The van der Waals surface area contributed by atoms with E-state index in [4.69, 9.17) is 14.2 Å². The number of hydrogen-bond donors (Lipinski definition) is 0. The van der Waals surface area contributed by atoms with Gasteiger partial charge < -0.3 is 14.2 Å². The lowest BCUT2D eigenvalue weighted by Gasteiger charge is -2.50. The third-order valence-corrected chi connectivity index (χ3v) is 8.19. The van der Waals surface area contributed by atoms with Crippen molar-refractivity contribution in [2.75, 3.05) is 13.7 Å². The number of benzene rings is 1. The van der Waals surface area contributed by atoms with Gasteiger partial charge in [0.05, 0.1) is 13.2 Å². The van der Waals surface area contributed by atoms with E-state index < -0.39 is 0 Å². The Bertz CT molecular complexity index is 753.